The fraction of sp³-hybridized carbons (Fsp3) is 0.375. The monoisotopic (exact) mass is 503 g/mol. The van der Waals surface area contributed by atoms with Crippen LogP contribution in [0, 0.1) is 0 Å². The van der Waals surface area contributed by atoms with Crippen LogP contribution in [0.5, 0.6) is 5.75 Å². The number of anilines is 1. The number of thiophene rings is 1. The fourth-order valence-corrected chi connectivity index (χ4v) is 5.86. The van der Waals surface area contributed by atoms with Crippen molar-refractivity contribution in [3.8, 4) is 5.75 Å². The van der Waals surface area contributed by atoms with Gasteiger partial charge in [0.1, 0.15) is 11.4 Å². The molecule has 1 fully saturated rings. The molecule has 1 atom stereocenters. The summed E-state index contributed by atoms with van der Waals surface area (Å²) >= 11 is 9.19. The van der Waals surface area contributed by atoms with Crippen LogP contribution in [0.2, 0.25) is 5.02 Å². The number of amides is 2. The van der Waals surface area contributed by atoms with Crippen molar-refractivity contribution >= 4 is 63.4 Å². The van der Waals surface area contributed by atoms with Gasteiger partial charge in [-0.15, -0.1) is 11.3 Å². The van der Waals surface area contributed by atoms with Gasteiger partial charge in [-0.05, 0) is 55.0 Å². The van der Waals surface area contributed by atoms with E-state index in [0.29, 0.717) is 33.7 Å². The van der Waals surface area contributed by atoms with Gasteiger partial charge in [0.25, 0.3) is 5.91 Å². The highest BCUT2D eigenvalue weighted by atomic mass is 35.5. The first-order chi connectivity index (χ1) is 16.0. The zero-order valence-corrected chi connectivity index (χ0v) is 20.9. The van der Waals surface area contributed by atoms with Crippen LogP contribution in [-0.4, -0.2) is 35.4 Å². The Kier molecular flexibility index (Phi) is 7.78. The standard InChI is InChI=1S/C24H26ClN3O3S2/c1-3-21(22(29)26-15-7-4-5-8-15)33-24-27-19(14-17-9-6-12-32-17)23(30)28(24)16-10-11-20(31-2)18(25)13-16/h6,9-15,21H,3-5,7-8H2,1-2H3,(H,26,29)/b19-14+. The number of aliphatic imine (C=N–C) groups is 1. The van der Waals surface area contributed by atoms with E-state index in [1.807, 2.05) is 24.4 Å². The zero-order valence-electron chi connectivity index (χ0n) is 18.5. The zero-order chi connectivity index (χ0) is 23.4. The number of hydrogen-bond donors (Lipinski definition) is 1. The molecule has 1 aliphatic heterocycles. The van der Waals surface area contributed by atoms with Crippen LogP contribution in [0.15, 0.2) is 46.4 Å². The van der Waals surface area contributed by atoms with Gasteiger partial charge in [-0.3, -0.25) is 14.5 Å². The van der Waals surface area contributed by atoms with Crippen LogP contribution in [0.4, 0.5) is 5.69 Å². The smallest absolute Gasteiger partial charge is 0.283 e. The lowest BCUT2D eigenvalue weighted by Gasteiger charge is -2.22. The normalized spacial score (nSPS) is 18.6. The van der Waals surface area contributed by atoms with Crippen molar-refractivity contribution in [1.29, 1.82) is 0 Å². The maximum Gasteiger partial charge on any atom is 0.283 e. The number of nitrogens with one attached hydrogen (secondary N) is 1. The first-order valence-corrected chi connectivity index (χ1v) is 13.1. The van der Waals surface area contributed by atoms with E-state index in [-0.39, 0.29) is 23.1 Å². The Labute approximate surface area is 207 Å². The molecule has 0 spiro atoms. The maximum absolute atomic E-state index is 13.4. The quantitative estimate of drug-likeness (QED) is 0.490. The Morgan fingerprint density at radius 3 is 2.82 bits per heavy atom. The number of halogens is 1. The second kappa shape index (κ2) is 10.8. The third-order valence-corrected chi connectivity index (χ3v) is 8.09. The molecule has 174 valence electrons. The molecule has 2 amide bonds. The van der Waals surface area contributed by atoms with Gasteiger partial charge in [-0.25, -0.2) is 4.99 Å². The Balaban J connectivity index is 1.63. The third kappa shape index (κ3) is 5.45. The Morgan fingerprint density at radius 1 is 1.39 bits per heavy atom. The van der Waals surface area contributed by atoms with E-state index in [1.165, 1.54) is 28.0 Å². The summed E-state index contributed by atoms with van der Waals surface area (Å²) in [7, 11) is 1.54. The van der Waals surface area contributed by atoms with E-state index in [0.717, 1.165) is 30.6 Å². The van der Waals surface area contributed by atoms with Gasteiger partial charge in [-0.2, -0.15) is 0 Å². The number of carbonyl (C=O) groups is 2. The van der Waals surface area contributed by atoms with E-state index < -0.39 is 0 Å². The van der Waals surface area contributed by atoms with E-state index in [9.17, 15) is 9.59 Å². The van der Waals surface area contributed by atoms with Crippen molar-refractivity contribution in [3.05, 3.63) is 51.3 Å². The number of nitrogens with zero attached hydrogens (tertiary/aromatic N) is 2. The lowest BCUT2D eigenvalue weighted by molar-refractivity contribution is -0.121. The molecule has 1 unspecified atom stereocenters. The molecule has 9 heteroatoms. The van der Waals surface area contributed by atoms with E-state index >= 15 is 0 Å². The lowest BCUT2D eigenvalue weighted by Crippen LogP contribution is -2.40. The molecule has 1 aromatic heterocycles. The molecule has 2 aromatic rings. The summed E-state index contributed by atoms with van der Waals surface area (Å²) in [6, 6.07) is 9.28. The minimum absolute atomic E-state index is 0.00653. The van der Waals surface area contributed by atoms with Crippen molar-refractivity contribution < 1.29 is 14.3 Å². The van der Waals surface area contributed by atoms with E-state index in [4.69, 9.17) is 16.3 Å². The summed E-state index contributed by atoms with van der Waals surface area (Å²) in [5, 5.41) is 5.64. The fourth-order valence-electron chi connectivity index (χ4n) is 3.92. The molecule has 1 aliphatic carbocycles. The number of hydrogen-bond acceptors (Lipinski definition) is 6. The molecule has 1 saturated carbocycles. The largest absolute Gasteiger partial charge is 0.495 e. The molecule has 0 radical (unpaired) electrons. The molecule has 1 N–H and O–H groups in total. The van der Waals surface area contributed by atoms with Crippen molar-refractivity contribution in [1.82, 2.24) is 5.32 Å². The number of rotatable bonds is 7. The minimum Gasteiger partial charge on any atom is -0.495 e. The van der Waals surface area contributed by atoms with Crippen LogP contribution < -0.4 is 15.0 Å². The van der Waals surface area contributed by atoms with Gasteiger partial charge in [-0.1, -0.05) is 49.2 Å². The third-order valence-electron chi connectivity index (χ3n) is 5.66. The predicted molar refractivity (Wildman–Crippen MR) is 137 cm³/mol. The van der Waals surface area contributed by atoms with E-state index in [1.54, 1.807) is 31.4 Å². The summed E-state index contributed by atoms with van der Waals surface area (Å²) in [4.78, 5) is 33.5. The Morgan fingerprint density at radius 2 is 2.18 bits per heavy atom. The minimum atomic E-state index is -0.352. The number of amidine groups is 1. The molecular formula is C24H26ClN3O3S2. The molecule has 0 saturated heterocycles. The second-order valence-corrected chi connectivity index (χ2v) is 10.5. The first-order valence-electron chi connectivity index (χ1n) is 11.0. The van der Waals surface area contributed by atoms with Gasteiger partial charge in [0.2, 0.25) is 5.91 Å². The van der Waals surface area contributed by atoms with Crippen LogP contribution in [-0.2, 0) is 9.59 Å². The van der Waals surface area contributed by atoms with Crippen molar-refractivity contribution in [2.24, 2.45) is 4.99 Å². The molecular weight excluding hydrogens is 478 g/mol. The summed E-state index contributed by atoms with van der Waals surface area (Å²) < 4.78 is 5.25. The Hall–Kier alpha value is -2.29. The topological polar surface area (TPSA) is 71.0 Å². The molecule has 6 nitrogen and oxygen atoms in total. The molecule has 33 heavy (non-hydrogen) atoms. The molecule has 1 aromatic carbocycles. The summed E-state index contributed by atoms with van der Waals surface area (Å²) in [6.45, 7) is 1.97. The number of ether oxygens (including phenoxy) is 1. The van der Waals surface area contributed by atoms with Crippen LogP contribution in [0.25, 0.3) is 6.08 Å². The first kappa shape index (κ1) is 23.9. The molecule has 2 aliphatic rings. The van der Waals surface area contributed by atoms with Gasteiger partial charge >= 0.3 is 0 Å². The summed E-state index contributed by atoms with van der Waals surface area (Å²) in [6.07, 6.45) is 6.75. The average molecular weight is 504 g/mol. The number of carbonyl (C=O) groups excluding carboxylic acids is 2. The maximum atomic E-state index is 13.4. The number of thioether (sulfide) groups is 1. The molecule has 2 heterocycles. The van der Waals surface area contributed by atoms with Gasteiger partial charge in [0, 0.05) is 10.9 Å². The van der Waals surface area contributed by atoms with Gasteiger partial charge in [0.15, 0.2) is 5.17 Å². The van der Waals surface area contributed by atoms with Crippen molar-refractivity contribution in [2.45, 2.75) is 50.3 Å². The second-order valence-electron chi connectivity index (χ2n) is 7.90. The van der Waals surface area contributed by atoms with Gasteiger partial charge < -0.3 is 10.1 Å². The highest BCUT2D eigenvalue weighted by Crippen LogP contribution is 2.36. The Bertz CT molecular complexity index is 1080. The molecule has 4 rings (SSSR count). The average Bonchev–Trinajstić information content (AvgIpc) is 3.56. The summed E-state index contributed by atoms with van der Waals surface area (Å²) in [5.74, 6) is 0.265. The number of methoxy groups -OCH3 is 1. The highest BCUT2D eigenvalue weighted by molar-refractivity contribution is 8.15. The SMILES string of the molecule is CCC(SC1=N/C(=C/c2cccs2)C(=O)N1c1ccc(OC)c(Cl)c1)C(=O)NC1CCCC1. The lowest BCUT2D eigenvalue weighted by atomic mass is 10.2. The van der Waals surface area contributed by atoms with Crippen molar-refractivity contribution in [3.63, 3.8) is 0 Å². The van der Waals surface area contributed by atoms with Gasteiger partial charge in [0.05, 0.1) is 23.1 Å². The highest BCUT2D eigenvalue weighted by Gasteiger charge is 2.35. The van der Waals surface area contributed by atoms with Crippen LogP contribution in [0.1, 0.15) is 43.9 Å². The van der Waals surface area contributed by atoms with Crippen molar-refractivity contribution in [2.75, 3.05) is 12.0 Å². The predicted octanol–water partition coefficient (Wildman–Crippen LogP) is 5.72. The molecule has 0 bridgehead atoms. The van der Waals surface area contributed by atoms with E-state index in [2.05, 4.69) is 10.3 Å². The summed E-state index contributed by atoms with van der Waals surface area (Å²) in [5.41, 5.74) is 0.913. The van der Waals surface area contributed by atoms with Crippen LogP contribution >= 0.6 is 34.7 Å². The number of benzene rings is 1. The van der Waals surface area contributed by atoms with Crippen LogP contribution in [0.3, 0.4) is 0 Å².